The molecular weight excluding hydrogens is 238 g/mol. The van der Waals surface area contributed by atoms with E-state index in [-0.39, 0.29) is 5.91 Å². The Morgan fingerprint density at radius 2 is 2.05 bits per heavy atom. The first-order valence-corrected chi connectivity index (χ1v) is 6.89. The number of rotatable bonds is 7. The Hall–Kier alpha value is -1.55. The summed E-state index contributed by atoms with van der Waals surface area (Å²) in [5, 5.41) is 6.20. The second-order valence-electron chi connectivity index (χ2n) is 4.71. The van der Waals surface area contributed by atoms with Crippen LogP contribution in [-0.2, 0) is 0 Å². The third-order valence-electron chi connectivity index (χ3n) is 3.17. The van der Waals surface area contributed by atoms with E-state index in [0.717, 1.165) is 36.4 Å². The molecule has 0 aliphatic rings. The average molecular weight is 263 g/mol. The quantitative estimate of drug-likeness (QED) is 0.792. The number of amides is 1. The lowest BCUT2D eigenvalue weighted by Gasteiger charge is -2.15. The third kappa shape index (κ3) is 4.91. The van der Waals surface area contributed by atoms with Gasteiger partial charge in [0.2, 0.25) is 0 Å². The first kappa shape index (κ1) is 15.5. The molecule has 0 radical (unpaired) electrons. The number of nitrogens with one attached hydrogen (secondary N) is 2. The normalized spacial score (nSPS) is 10.6. The molecule has 0 saturated heterocycles. The number of hydrogen-bond donors (Lipinski definition) is 2. The molecule has 0 aliphatic carbocycles. The summed E-state index contributed by atoms with van der Waals surface area (Å²) in [6.45, 7) is 9.55. The van der Waals surface area contributed by atoms with Crippen LogP contribution in [-0.4, -0.2) is 44.0 Å². The summed E-state index contributed by atoms with van der Waals surface area (Å²) < 4.78 is 0. The van der Waals surface area contributed by atoms with Crippen molar-refractivity contribution < 1.29 is 4.79 Å². The molecule has 1 rings (SSSR count). The largest absolute Gasteiger partial charge is 0.385 e. The molecule has 0 aliphatic heterocycles. The lowest BCUT2D eigenvalue weighted by atomic mass is 10.1. The fourth-order valence-electron chi connectivity index (χ4n) is 1.85. The van der Waals surface area contributed by atoms with Crippen LogP contribution in [0.25, 0.3) is 0 Å². The van der Waals surface area contributed by atoms with E-state index in [1.807, 2.05) is 32.2 Å². The van der Waals surface area contributed by atoms with Crippen LogP contribution < -0.4 is 10.6 Å². The molecule has 0 fully saturated rings. The smallest absolute Gasteiger partial charge is 0.251 e. The van der Waals surface area contributed by atoms with Crippen LogP contribution in [0.3, 0.4) is 0 Å². The van der Waals surface area contributed by atoms with Gasteiger partial charge in [-0.25, -0.2) is 0 Å². The number of anilines is 1. The molecule has 1 aromatic rings. The predicted octanol–water partition coefficient (Wildman–Crippen LogP) is 2.11. The summed E-state index contributed by atoms with van der Waals surface area (Å²) in [4.78, 5) is 14.2. The molecule has 2 N–H and O–H groups in total. The average Bonchev–Trinajstić information content (AvgIpc) is 2.38. The SMILES string of the molecule is CCNc1ccc(C(=O)NCCN(C)CC)c(C)c1. The fourth-order valence-corrected chi connectivity index (χ4v) is 1.85. The molecule has 0 aromatic heterocycles. The standard InChI is InChI=1S/C15H25N3O/c1-5-16-13-7-8-14(12(3)11-13)15(19)17-9-10-18(4)6-2/h7-8,11,16H,5-6,9-10H2,1-4H3,(H,17,19). The highest BCUT2D eigenvalue weighted by Crippen LogP contribution is 2.14. The first-order chi connectivity index (χ1) is 9.08. The lowest BCUT2D eigenvalue weighted by Crippen LogP contribution is -2.33. The molecule has 0 atom stereocenters. The highest BCUT2D eigenvalue weighted by molar-refractivity contribution is 5.96. The Morgan fingerprint density at radius 3 is 2.63 bits per heavy atom. The summed E-state index contributed by atoms with van der Waals surface area (Å²) >= 11 is 0. The molecule has 1 aromatic carbocycles. The summed E-state index contributed by atoms with van der Waals surface area (Å²) in [5.74, 6) is 0.00468. The van der Waals surface area contributed by atoms with Gasteiger partial charge in [0.05, 0.1) is 0 Å². The molecule has 1 amide bonds. The molecule has 4 nitrogen and oxygen atoms in total. The van der Waals surface area contributed by atoms with Crippen LogP contribution in [0.5, 0.6) is 0 Å². The van der Waals surface area contributed by atoms with E-state index in [9.17, 15) is 4.79 Å². The Kier molecular flexibility index (Phi) is 6.36. The van der Waals surface area contributed by atoms with Gasteiger partial charge in [-0.05, 0) is 51.2 Å². The zero-order valence-corrected chi connectivity index (χ0v) is 12.4. The zero-order chi connectivity index (χ0) is 14.3. The van der Waals surface area contributed by atoms with E-state index in [1.54, 1.807) is 0 Å². The van der Waals surface area contributed by atoms with Crippen molar-refractivity contribution in [3.63, 3.8) is 0 Å². The van der Waals surface area contributed by atoms with Crippen molar-refractivity contribution >= 4 is 11.6 Å². The number of likely N-dealkylation sites (N-methyl/N-ethyl adjacent to an activating group) is 1. The van der Waals surface area contributed by atoms with Crippen molar-refractivity contribution in [3.8, 4) is 0 Å². The molecule has 0 saturated carbocycles. The molecule has 19 heavy (non-hydrogen) atoms. The van der Waals surface area contributed by atoms with E-state index in [0.29, 0.717) is 6.54 Å². The molecule has 0 heterocycles. The summed E-state index contributed by atoms with van der Waals surface area (Å²) in [5.41, 5.74) is 2.81. The number of carbonyl (C=O) groups is 1. The van der Waals surface area contributed by atoms with Gasteiger partial charge in [-0.15, -0.1) is 0 Å². The minimum absolute atomic E-state index is 0.00468. The maximum Gasteiger partial charge on any atom is 0.251 e. The van der Waals surface area contributed by atoms with Gasteiger partial charge in [-0.3, -0.25) is 4.79 Å². The van der Waals surface area contributed by atoms with Gasteiger partial charge in [0.25, 0.3) is 5.91 Å². The van der Waals surface area contributed by atoms with Crippen LogP contribution in [0.15, 0.2) is 18.2 Å². The van der Waals surface area contributed by atoms with E-state index < -0.39 is 0 Å². The summed E-state index contributed by atoms with van der Waals surface area (Å²) in [7, 11) is 2.04. The molecule has 0 unspecified atom stereocenters. The van der Waals surface area contributed by atoms with E-state index in [1.165, 1.54) is 0 Å². The van der Waals surface area contributed by atoms with E-state index >= 15 is 0 Å². The predicted molar refractivity (Wildman–Crippen MR) is 80.8 cm³/mol. The van der Waals surface area contributed by atoms with Crippen LogP contribution in [0, 0.1) is 6.92 Å². The Bertz CT molecular complexity index is 418. The van der Waals surface area contributed by atoms with Crippen molar-refractivity contribution in [2.45, 2.75) is 20.8 Å². The van der Waals surface area contributed by atoms with Gasteiger partial charge in [0, 0.05) is 30.9 Å². The molecule has 0 spiro atoms. The van der Waals surface area contributed by atoms with Gasteiger partial charge >= 0.3 is 0 Å². The summed E-state index contributed by atoms with van der Waals surface area (Å²) in [6, 6.07) is 5.84. The second-order valence-corrected chi connectivity index (χ2v) is 4.71. The minimum atomic E-state index is 0.00468. The Labute approximate surface area is 116 Å². The van der Waals surface area contributed by atoms with Crippen LogP contribution >= 0.6 is 0 Å². The number of benzene rings is 1. The first-order valence-electron chi connectivity index (χ1n) is 6.89. The topological polar surface area (TPSA) is 44.4 Å². The monoisotopic (exact) mass is 263 g/mol. The Balaban J connectivity index is 2.57. The second kappa shape index (κ2) is 7.79. The van der Waals surface area contributed by atoms with Crippen molar-refractivity contribution in [2.24, 2.45) is 0 Å². The minimum Gasteiger partial charge on any atom is -0.385 e. The Morgan fingerprint density at radius 1 is 1.32 bits per heavy atom. The van der Waals surface area contributed by atoms with Crippen molar-refractivity contribution in [1.29, 1.82) is 0 Å². The maximum atomic E-state index is 12.1. The maximum absolute atomic E-state index is 12.1. The number of hydrogen-bond acceptors (Lipinski definition) is 3. The van der Waals surface area contributed by atoms with Gasteiger partial charge in [0.15, 0.2) is 0 Å². The fraction of sp³-hybridized carbons (Fsp3) is 0.533. The number of aryl methyl sites for hydroxylation is 1. The van der Waals surface area contributed by atoms with Crippen molar-refractivity contribution in [3.05, 3.63) is 29.3 Å². The van der Waals surface area contributed by atoms with Gasteiger partial charge in [0.1, 0.15) is 0 Å². The number of carbonyl (C=O) groups excluding carboxylic acids is 1. The van der Waals surface area contributed by atoms with E-state index in [4.69, 9.17) is 0 Å². The van der Waals surface area contributed by atoms with Gasteiger partial charge in [-0.1, -0.05) is 6.92 Å². The zero-order valence-electron chi connectivity index (χ0n) is 12.4. The third-order valence-corrected chi connectivity index (χ3v) is 3.17. The van der Waals surface area contributed by atoms with Crippen LogP contribution in [0.1, 0.15) is 29.8 Å². The van der Waals surface area contributed by atoms with Crippen molar-refractivity contribution in [1.82, 2.24) is 10.2 Å². The van der Waals surface area contributed by atoms with Crippen LogP contribution in [0.4, 0.5) is 5.69 Å². The van der Waals surface area contributed by atoms with Crippen molar-refractivity contribution in [2.75, 3.05) is 38.5 Å². The van der Waals surface area contributed by atoms with Gasteiger partial charge < -0.3 is 15.5 Å². The lowest BCUT2D eigenvalue weighted by molar-refractivity contribution is 0.0949. The summed E-state index contributed by atoms with van der Waals surface area (Å²) in [6.07, 6.45) is 0. The molecule has 4 heteroatoms. The van der Waals surface area contributed by atoms with Crippen LogP contribution in [0.2, 0.25) is 0 Å². The molecule has 106 valence electrons. The molecular formula is C15H25N3O. The van der Waals surface area contributed by atoms with E-state index in [2.05, 4.69) is 29.4 Å². The highest BCUT2D eigenvalue weighted by Gasteiger charge is 2.08. The number of nitrogens with zero attached hydrogens (tertiary/aromatic N) is 1. The molecule has 0 bridgehead atoms. The highest BCUT2D eigenvalue weighted by atomic mass is 16.1. The van der Waals surface area contributed by atoms with Gasteiger partial charge in [-0.2, -0.15) is 0 Å².